The van der Waals surface area contributed by atoms with Crippen LogP contribution in [0.2, 0.25) is 0 Å². The highest BCUT2D eigenvalue weighted by Crippen LogP contribution is 2.11. The summed E-state index contributed by atoms with van der Waals surface area (Å²) in [5, 5.41) is 9.31. The molecule has 2 aromatic rings. The van der Waals surface area contributed by atoms with Crippen molar-refractivity contribution in [1.29, 1.82) is 0 Å². The van der Waals surface area contributed by atoms with Gasteiger partial charge < -0.3 is 25.6 Å². The van der Waals surface area contributed by atoms with Gasteiger partial charge in [0.2, 0.25) is 5.91 Å². The van der Waals surface area contributed by atoms with Gasteiger partial charge in [0.05, 0.1) is 13.7 Å². The average molecular weight is 424 g/mol. The molecule has 8 nitrogen and oxygen atoms in total. The molecule has 1 aliphatic rings. The van der Waals surface area contributed by atoms with Crippen LogP contribution in [0.25, 0.3) is 0 Å². The van der Waals surface area contributed by atoms with Gasteiger partial charge in [-0.05, 0) is 41.8 Å². The number of carbonyl (C=O) groups excluding carboxylic acids is 2. The first-order chi connectivity index (χ1) is 15.1. The monoisotopic (exact) mass is 423 g/mol. The zero-order chi connectivity index (χ0) is 22.1. The molecular formula is C23H29N5O3. The number of nitrogens with zero attached hydrogens (tertiary/aromatic N) is 2. The SMILES string of the molecule is CN=C(NCCc1ccc(OC)cc1)NCc1ccc(C(=O)N2CCNC(=O)C2)cc1. The maximum absolute atomic E-state index is 12.5. The third-order valence-corrected chi connectivity index (χ3v) is 5.08. The van der Waals surface area contributed by atoms with E-state index in [4.69, 9.17) is 4.74 Å². The minimum absolute atomic E-state index is 0.112. The Morgan fingerprint density at radius 3 is 2.45 bits per heavy atom. The van der Waals surface area contributed by atoms with E-state index < -0.39 is 0 Å². The lowest BCUT2D eigenvalue weighted by molar-refractivity contribution is -0.123. The number of aliphatic imine (C=N–C) groups is 1. The van der Waals surface area contributed by atoms with Crippen LogP contribution in [0.5, 0.6) is 5.75 Å². The van der Waals surface area contributed by atoms with Crippen LogP contribution in [0.1, 0.15) is 21.5 Å². The molecule has 0 bridgehead atoms. The third kappa shape index (κ3) is 6.47. The predicted molar refractivity (Wildman–Crippen MR) is 120 cm³/mol. The van der Waals surface area contributed by atoms with E-state index in [1.54, 1.807) is 31.2 Å². The van der Waals surface area contributed by atoms with E-state index in [2.05, 4.69) is 33.1 Å². The van der Waals surface area contributed by atoms with Crippen molar-refractivity contribution in [3.05, 3.63) is 65.2 Å². The Bertz CT molecular complexity index is 910. The van der Waals surface area contributed by atoms with Gasteiger partial charge in [-0.1, -0.05) is 24.3 Å². The number of hydrogen-bond acceptors (Lipinski definition) is 4. The van der Waals surface area contributed by atoms with E-state index in [-0.39, 0.29) is 18.4 Å². The Kier molecular flexibility index (Phi) is 7.86. The quantitative estimate of drug-likeness (QED) is 0.459. The minimum atomic E-state index is -0.120. The van der Waals surface area contributed by atoms with Crippen molar-refractivity contribution in [3.63, 3.8) is 0 Å². The molecule has 1 fully saturated rings. The molecule has 2 aromatic carbocycles. The number of ether oxygens (including phenoxy) is 1. The van der Waals surface area contributed by atoms with Crippen LogP contribution in [0.15, 0.2) is 53.5 Å². The molecular weight excluding hydrogens is 394 g/mol. The fraction of sp³-hybridized carbons (Fsp3) is 0.348. The van der Waals surface area contributed by atoms with Gasteiger partial charge >= 0.3 is 0 Å². The van der Waals surface area contributed by atoms with Crippen LogP contribution in [0.3, 0.4) is 0 Å². The highest BCUT2D eigenvalue weighted by molar-refractivity contribution is 5.97. The molecule has 0 saturated carbocycles. The summed E-state index contributed by atoms with van der Waals surface area (Å²) in [7, 11) is 3.39. The Morgan fingerprint density at radius 1 is 1.10 bits per heavy atom. The maximum Gasteiger partial charge on any atom is 0.254 e. The van der Waals surface area contributed by atoms with Crippen molar-refractivity contribution in [2.45, 2.75) is 13.0 Å². The molecule has 1 heterocycles. The van der Waals surface area contributed by atoms with E-state index in [0.29, 0.717) is 31.2 Å². The van der Waals surface area contributed by atoms with Crippen molar-refractivity contribution < 1.29 is 14.3 Å². The number of piperazine rings is 1. The number of nitrogens with one attached hydrogen (secondary N) is 3. The summed E-state index contributed by atoms with van der Waals surface area (Å²) in [6.45, 7) is 2.48. The van der Waals surface area contributed by atoms with Crippen LogP contribution in [-0.2, 0) is 17.8 Å². The highest BCUT2D eigenvalue weighted by atomic mass is 16.5. The molecule has 0 atom stereocenters. The zero-order valence-corrected chi connectivity index (χ0v) is 18.0. The lowest BCUT2D eigenvalue weighted by Gasteiger charge is -2.26. The molecule has 8 heteroatoms. The summed E-state index contributed by atoms with van der Waals surface area (Å²) in [6, 6.07) is 15.4. The van der Waals surface area contributed by atoms with Gasteiger partial charge in [0, 0.05) is 38.8 Å². The van der Waals surface area contributed by atoms with Crippen LogP contribution in [-0.4, -0.2) is 63.0 Å². The molecule has 0 spiro atoms. The fourth-order valence-corrected chi connectivity index (χ4v) is 3.28. The van der Waals surface area contributed by atoms with Gasteiger partial charge in [0.1, 0.15) is 5.75 Å². The van der Waals surface area contributed by atoms with Crippen molar-refractivity contribution in [2.24, 2.45) is 4.99 Å². The highest BCUT2D eigenvalue weighted by Gasteiger charge is 2.22. The van der Waals surface area contributed by atoms with Gasteiger partial charge in [-0.2, -0.15) is 0 Å². The van der Waals surface area contributed by atoms with Crippen LogP contribution in [0, 0.1) is 0 Å². The van der Waals surface area contributed by atoms with Gasteiger partial charge in [0.15, 0.2) is 5.96 Å². The van der Waals surface area contributed by atoms with Crippen molar-refractivity contribution in [3.8, 4) is 5.75 Å². The zero-order valence-electron chi connectivity index (χ0n) is 18.0. The lowest BCUT2D eigenvalue weighted by atomic mass is 10.1. The normalized spacial score (nSPS) is 14.1. The van der Waals surface area contributed by atoms with E-state index >= 15 is 0 Å². The van der Waals surface area contributed by atoms with Gasteiger partial charge in [0.25, 0.3) is 5.91 Å². The number of methoxy groups -OCH3 is 1. The van der Waals surface area contributed by atoms with E-state index in [0.717, 1.165) is 24.3 Å². The average Bonchev–Trinajstić information content (AvgIpc) is 2.81. The molecule has 0 aliphatic carbocycles. The number of guanidine groups is 1. The largest absolute Gasteiger partial charge is 0.497 e. The van der Waals surface area contributed by atoms with Gasteiger partial charge in [-0.3, -0.25) is 14.6 Å². The van der Waals surface area contributed by atoms with Crippen LogP contribution in [0.4, 0.5) is 0 Å². The Morgan fingerprint density at radius 2 is 1.81 bits per heavy atom. The molecule has 3 rings (SSSR count). The smallest absolute Gasteiger partial charge is 0.254 e. The summed E-state index contributed by atoms with van der Waals surface area (Å²) in [5.41, 5.74) is 2.83. The van der Waals surface area contributed by atoms with Crippen molar-refractivity contribution in [1.82, 2.24) is 20.9 Å². The van der Waals surface area contributed by atoms with Crippen molar-refractivity contribution in [2.75, 3.05) is 40.3 Å². The second-order valence-electron chi connectivity index (χ2n) is 7.22. The minimum Gasteiger partial charge on any atom is -0.497 e. The Labute approximate surface area is 182 Å². The summed E-state index contributed by atoms with van der Waals surface area (Å²) in [4.78, 5) is 29.8. The molecule has 2 amide bonds. The summed E-state index contributed by atoms with van der Waals surface area (Å²) < 4.78 is 5.18. The summed E-state index contributed by atoms with van der Waals surface area (Å²) >= 11 is 0. The number of carbonyl (C=O) groups is 2. The summed E-state index contributed by atoms with van der Waals surface area (Å²) in [5.74, 6) is 1.33. The first-order valence-corrected chi connectivity index (χ1v) is 10.3. The standard InChI is InChI=1S/C23H29N5O3/c1-24-23(26-12-11-17-5-9-20(31-2)10-6-17)27-15-18-3-7-19(8-4-18)22(30)28-14-13-25-21(29)16-28/h3-10H,11-16H2,1-2H3,(H,25,29)(H2,24,26,27). The predicted octanol–water partition coefficient (Wildman–Crippen LogP) is 1.17. The molecule has 1 aliphatic heterocycles. The van der Waals surface area contributed by atoms with E-state index in [9.17, 15) is 9.59 Å². The van der Waals surface area contributed by atoms with Crippen LogP contribution < -0.4 is 20.7 Å². The molecule has 164 valence electrons. The van der Waals surface area contributed by atoms with E-state index in [1.807, 2.05) is 24.3 Å². The molecule has 31 heavy (non-hydrogen) atoms. The fourth-order valence-electron chi connectivity index (χ4n) is 3.28. The number of benzene rings is 2. The molecule has 1 saturated heterocycles. The second kappa shape index (κ2) is 11.0. The lowest BCUT2D eigenvalue weighted by Crippen LogP contribution is -2.49. The summed E-state index contributed by atoms with van der Waals surface area (Å²) in [6.07, 6.45) is 0.871. The first-order valence-electron chi connectivity index (χ1n) is 10.3. The number of hydrogen-bond donors (Lipinski definition) is 3. The number of amides is 2. The van der Waals surface area contributed by atoms with Crippen molar-refractivity contribution >= 4 is 17.8 Å². The van der Waals surface area contributed by atoms with Crippen LogP contribution >= 0.6 is 0 Å². The molecule has 0 aromatic heterocycles. The number of rotatable bonds is 7. The third-order valence-electron chi connectivity index (χ3n) is 5.08. The molecule has 0 unspecified atom stereocenters. The first kappa shape index (κ1) is 22.1. The van der Waals surface area contributed by atoms with Gasteiger partial charge in [-0.25, -0.2) is 0 Å². The Hall–Kier alpha value is -3.55. The Balaban J connectivity index is 1.44. The maximum atomic E-state index is 12.5. The second-order valence-corrected chi connectivity index (χ2v) is 7.22. The molecule has 3 N–H and O–H groups in total. The van der Waals surface area contributed by atoms with E-state index in [1.165, 1.54) is 5.56 Å². The topological polar surface area (TPSA) is 95.1 Å². The molecule has 0 radical (unpaired) electrons. The van der Waals surface area contributed by atoms with Gasteiger partial charge in [-0.15, -0.1) is 0 Å².